The first kappa shape index (κ1) is 7.18. The predicted molar refractivity (Wildman–Crippen MR) is 34.3 cm³/mol. The molecule has 0 fully saturated rings. The highest BCUT2D eigenvalue weighted by atomic mass is 16.6. The smallest absolute Gasteiger partial charge is 0.509 e. The summed E-state index contributed by atoms with van der Waals surface area (Å²) in [4.78, 5) is 0. The maximum Gasteiger partial charge on any atom is 0.707 e. The highest BCUT2D eigenvalue weighted by molar-refractivity contribution is 6.33. The maximum atomic E-state index is 8.31. The van der Waals surface area contributed by atoms with Crippen LogP contribution in [0, 0.1) is 6.92 Å². The first-order valence-corrected chi connectivity index (χ1v) is 2.76. The molecule has 0 aromatic carbocycles. The third-order valence-electron chi connectivity index (χ3n) is 0.948. The van der Waals surface area contributed by atoms with Crippen molar-refractivity contribution in [3.05, 3.63) is 18.1 Å². The van der Waals surface area contributed by atoms with Crippen molar-refractivity contribution in [2.24, 2.45) is 0 Å². The van der Waals surface area contributed by atoms with Gasteiger partial charge >= 0.3 is 7.32 Å². The predicted octanol–water partition coefficient (Wildman–Crippen LogP) is -0.0637. The standard InChI is InChI=1S/C5H7BO4/c1-4-2-5(3-9-4)10-6(7)8/h2-3,7-8H,1H3. The van der Waals surface area contributed by atoms with Gasteiger partial charge in [0.1, 0.15) is 17.8 Å². The highest BCUT2D eigenvalue weighted by Crippen LogP contribution is 2.14. The lowest BCUT2D eigenvalue weighted by Gasteiger charge is -1.96. The topological polar surface area (TPSA) is 62.8 Å². The van der Waals surface area contributed by atoms with Gasteiger partial charge in [-0.3, -0.25) is 0 Å². The number of rotatable bonds is 2. The maximum absolute atomic E-state index is 8.31. The number of aryl methyl sites for hydroxylation is 1. The van der Waals surface area contributed by atoms with E-state index in [2.05, 4.69) is 4.65 Å². The van der Waals surface area contributed by atoms with Crippen molar-refractivity contribution in [3.8, 4) is 5.75 Å². The molecule has 1 rings (SSSR count). The fourth-order valence-corrected chi connectivity index (χ4v) is 0.603. The van der Waals surface area contributed by atoms with Crippen LogP contribution in [-0.2, 0) is 0 Å². The molecule has 0 unspecified atom stereocenters. The fourth-order valence-electron chi connectivity index (χ4n) is 0.603. The molecule has 1 aromatic heterocycles. The normalized spacial score (nSPS) is 9.50. The number of hydrogen-bond acceptors (Lipinski definition) is 4. The summed E-state index contributed by atoms with van der Waals surface area (Å²) < 4.78 is 9.27. The second-order valence-electron chi connectivity index (χ2n) is 1.84. The Labute approximate surface area is 58.2 Å². The summed E-state index contributed by atoms with van der Waals surface area (Å²) in [5, 5.41) is 16.6. The molecule has 0 saturated heterocycles. The fraction of sp³-hybridized carbons (Fsp3) is 0.200. The summed E-state index contributed by atoms with van der Waals surface area (Å²) in [5.74, 6) is 0.975. The van der Waals surface area contributed by atoms with E-state index in [-0.39, 0.29) is 0 Å². The summed E-state index contributed by atoms with van der Waals surface area (Å²) in [6.45, 7) is 1.73. The summed E-state index contributed by atoms with van der Waals surface area (Å²) in [5.41, 5.74) is 0. The van der Waals surface area contributed by atoms with Crippen molar-refractivity contribution < 1.29 is 19.1 Å². The van der Waals surface area contributed by atoms with Gasteiger partial charge in [-0.2, -0.15) is 0 Å². The van der Waals surface area contributed by atoms with E-state index in [0.717, 1.165) is 0 Å². The molecule has 0 aliphatic heterocycles. The van der Waals surface area contributed by atoms with Crippen LogP contribution >= 0.6 is 0 Å². The number of furan rings is 1. The monoisotopic (exact) mass is 142 g/mol. The molecule has 0 atom stereocenters. The lowest BCUT2D eigenvalue weighted by atomic mass is 10.2. The summed E-state index contributed by atoms with van der Waals surface area (Å²) in [6.07, 6.45) is 1.30. The second kappa shape index (κ2) is 2.77. The van der Waals surface area contributed by atoms with Crippen molar-refractivity contribution in [1.29, 1.82) is 0 Å². The minimum atomic E-state index is -1.78. The SMILES string of the molecule is Cc1cc(OB(O)O)co1. The second-order valence-corrected chi connectivity index (χ2v) is 1.84. The van der Waals surface area contributed by atoms with Crippen LogP contribution in [-0.4, -0.2) is 17.4 Å². The first-order chi connectivity index (χ1) is 4.68. The molecule has 0 spiro atoms. The van der Waals surface area contributed by atoms with Crippen molar-refractivity contribution in [2.45, 2.75) is 6.92 Å². The lowest BCUT2D eigenvalue weighted by molar-refractivity contribution is 0.286. The van der Waals surface area contributed by atoms with Crippen LogP contribution < -0.4 is 4.65 Å². The molecule has 1 heterocycles. The molecule has 0 saturated carbocycles. The molecule has 0 radical (unpaired) electrons. The summed E-state index contributed by atoms with van der Waals surface area (Å²) in [7, 11) is -1.78. The van der Waals surface area contributed by atoms with E-state index in [4.69, 9.17) is 14.5 Å². The Hall–Kier alpha value is -0.935. The zero-order valence-electron chi connectivity index (χ0n) is 5.44. The molecular formula is C5H7BO4. The van der Waals surface area contributed by atoms with Crippen molar-refractivity contribution in [1.82, 2.24) is 0 Å². The number of hydrogen-bond donors (Lipinski definition) is 2. The van der Waals surface area contributed by atoms with E-state index >= 15 is 0 Å². The van der Waals surface area contributed by atoms with Crippen LogP contribution in [0.25, 0.3) is 0 Å². The molecule has 0 bridgehead atoms. The Morgan fingerprint density at radius 1 is 1.60 bits per heavy atom. The van der Waals surface area contributed by atoms with Gasteiger partial charge in [0.25, 0.3) is 0 Å². The molecule has 54 valence electrons. The van der Waals surface area contributed by atoms with Gasteiger partial charge in [0.2, 0.25) is 0 Å². The molecule has 10 heavy (non-hydrogen) atoms. The van der Waals surface area contributed by atoms with Gasteiger partial charge in [0.15, 0.2) is 0 Å². The van der Waals surface area contributed by atoms with Gasteiger partial charge in [-0.25, -0.2) is 0 Å². The highest BCUT2D eigenvalue weighted by Gasteiger charge is 2.11. The molecule has 0 aliphatic carbocycles. The minimum Gasteiger partial charge on any atom is -0.509 e. The summed E-state index contributed by atoms with van der Waals surface area (Å²) >= 11 is 0. The van der Waals surface area contributed by atoms with Crippen LogP contribution in [0.4, 0.5) is 0 Å². The van der Waals surface area contributed by atoms with Crippen LogP contribution in [0.5, 0.6) is 5.75 Å². The Morgan fingerprint density at radius 3 is 2.70 bits per heavy atom. The van der Waals surface area contributed by atoms with E-state index in [1.807, 2.05) is 0 Å². The van der Waals surface area contributed by atoms with Gasteiger partial charge in [-0.1, -0.05) is 0 Å². The Balaban J connectivity index is 2.58. The third kappa shape index (κ3) is 1.79. The minimum absolute atomic E-state index is 0.313. The average molecular weight is 142 g/mol. The first-order valence-electron chi connectivity index (χ1n) is 2.76. The van der Waals surface area contributed by atoms with Crippen molar-refractivity contribution >= 4 is 7.32 Å². The van der Waals surface area contributed by atoms with E-state index in [1.54, 1.807) is 13.0 Å². The van der Waals surface area contributed by atoms with Crippen molar-refractivity contribution in [2.75, 3.05) is 0 Å². The van der Waals surface area contributed by atoms with E-state index in [0.29, 0.717) is 11.5 Å². The van der Waals surface area contributed by atoms with Gasteiger partial charge in [-0.05, 0) is 6.92 Å². The van der Waals surface area contributed by atoms with Crippen LogP contribution in [0.2, 0.25) is 0 Å². The zero-order valence-corrected chi connectivity index (χ0v) is 5.44. The molecule has 1 aromatic rings. The summed E-state index contributed by atoms with van der Waals surface area (Å²) in [6, 6.07) is 1.56. The van der Waals surface area contributed by atoms with Crippen LogP contribution in [0.15, 0.2) is 16.7 Å². The van der Waals surface area contributed by atoms with Crippen LogP contribution in [0.1, 0.15) is 5.76 Å². The van der Waals surface area contributed by atoms with Gasteiger partial charge in [-0.15, -0.1) is 0 Å². The van der Waals surface area contributed by atoms with E-state index in [1.165, 1.54) is 6.26 Å². The van der Waals surface area contributed by atoms with Gasteiger partial charge < -0.3 is 19.1 Å². The molecular weight excluding hydrogens is 135 g/mol. The lowest BCUT2D eigenvalue weighted by Crippen LogP contribution is -2.20. The van der Waals surface area contributed by atoms with E-state index < -0.39 is 7.32 Å². The van der Waals surface area contributed by atoms with Crippen molar-refractivity contribution in [3.63, 3.8) is 0 Å². The quantitative estimate of drug-likeness (QED) is 0.567. The zero-order chi connectivity index (χ0) is 7.56. The molecule has 0 aliphatic rings. The third-order valence-corrected chi connectivity index (χ3v) is 0.948. The van der Waals surface area contributed by atoms with Gasteiger partial charge in [0.05, 0.1) is 0 Å². The Bertz CT molecular complexity index is 207. The molecule has 5 heteroatoms. The van der Waals surface area contributed by atoms with Gasteiger partial charge in [0, 0.05) is 6.07 Å². The van der Waals surface area contributed by atoms with Crippen LogP contribution in [0.3, 0.4) is 0 Å². The molecule has 2 N–H and O–H groups in total. The molecule has 0 amide bonds. The largest absolute Gasteiger partial charge is 0.707 e. The average Bonchev–Trinajstić information content (AvgIpc) is 2.13. The molecule has 4 nitrogen and oxygen atoms in total. The Kier molecular flexibility index (Phi) is 1.98. The van der Waals surface area contributed by atoms with E-state index in [9.17, 15) is 0 Å². The Morgan fingerprint density at radius 2 is 2.30 bits per heavy atom.